The van der Waals surface area contributed by atoms with Gasteiger partial charge in [-0.15, -0.1) is 0 Å². The first kappa shape index (κ1) is 22.2. The molecule has 2 aromatic carbocycles. The van der Waals surface area contributed by atoms with Gasteiger partial charge in [-0.1, -0.05) is 48.5 Å². The number of aliphatic carboxylic acids is 1. The van der Waals surface area contributed by atoms with Crippen LogP contribution in [0.4, 0.5) is 13.6 Å². The number of hydrogen-bond donors (Lipinski definition) is 3. The number of hydrogen-bond acceptors (Lipinski definition) is 4. The average Bonchev–Trinajstić information content (AvgIpc) is 3.05. The Balaban J connectivity index is 1.62. The predicted molar refractivity (Wildman–Crippen MR) is 108 cm³/mol. The highest BCUT2D eigenvalue weighted by molar-refractivity contribution is 5.91. The Kier molecular flexibility index (Phi) is 6.24. The maximum atomic E-state index is 13.0. The first-order chi connectivity index (χ1) is 14.6. The molecule has 9 heteroatoms. The molecule has 2 unspecified atom stereocenters. The Hall–Kier alpha value is -3.49. The zero-order chi connectivity index (χ0) is 22.8. The van der Waals surface area contributed by atoms with Crippen LogP contribution in [0.1, 0.15) is 30.9 Å². The second kappa shape index (κ2) is 8.71. The van der Waals surface area contributed by atoms with Crippen molar-refractivity contribution >= 4 is 18.0 Å². The van der Waals surface area contributed by atoms with Gasteiger partial charge in [0.15, 0.2) is 5.54 Å². The van der Waals surface area contributed by atoms with Gasteiger partial charge in [-0.2, -0.15) is 0 Å². The Labute approximate surface area is 177 Å². The fourth-order valence-corrected chi connectivity index (χ4v) is 3.45. The minimum absolute atomic E-state index is 0.0120. The number of benzene rings is 2. The molecule has 0 bridgehead atoms. The number of carbonyl (C=O) groups is 3. The van der Waals surface area contributed by atoms with Gasteiger partial charge in [0.05, 0.1) is 0 Å². The van der Waals surface area contributed by atoms with Crippen molar-refractivity contribution in [2.24, 2.45) is 0 Å². The van der Waals surface area contributed by atoms with Crippen molar-refractivity contribution in [3.05, 3.63) is 59.7 Å². The van der Waals surface area contributed by atoms with Gasteiger partial charge in [0, 0.05) is 5.92 Å². The quantitative estimate of drug-likeness (QED) is 0.624. The minimum Gasteiger partial charge on any atom is -0.479 e. The summed E-state index contributed by atoms with van der Waals surface area (Å²) >= 11 is 0. The number of fused-ring (bicyclic) bond motifs is 3. The van der Waals surface area contributed by atoms with Crippen LogP contribution < -0.4 is 10.6 Å². The van der Waals surface area contributed by atoms with Gasteiger partial charge < -0.3 is 20.5 Å². The summed E-state index contributed by atoms with van der Waals surface area (Å²) in [6, 6.07) is 14.2. The number of halogens is 2. The molecule has 1 aliphatic rings. The third-order valence-electron chi connectivity index (χ3n) is 5.33. The van der Waals surface area contributed by atoms with Crippen LogP contribution in [0.15, 0.2) is 48.5 Å². The van der Waals surface area contributed by atoms with Gasteiger partial charge in [-0.05, 0) is 36.1 Å². The van der Waals surface area contributed by atoms with Crippen LogP contribution in [0.3, 0.4) is 0 Å². The van der Waals surface area contributed by atoms with Crippen molar-refractivity contribution in [2.75, 3.05) is 6.61 Å². The molecular weight excluding hydrogens is 410 g/mol. The summed E-state index contributed by atoms with van der Waals surface area (Å²) in [5, 5.41) is 13.0. The van der Waals surface area contributed by atoms with Crippen molar-refractivity contribution in [1.29, 1.82) is 0 Å². The number of nitrogens with one attached hydrogen (secondary N) is 2. The molecule has 164 valence electrons. The highest BCUT2D eigenvalue weighted by atomic mass is 19.3. The summed E-state index contributed by atoms with van der Waals surface area (Å²) in [5.41, 5.74) is 1.36. The molecule has 1 aliphatic carbocycles. The lowest BCUT2D eigenvalue weighted by Gasteiger charge is -2.27. The molecule has 2 aromatic rings. The molecule has 31 heavy (non-hydrogen) atoms. The van der Waals surface area contributed by atoms with E-state index in [0.717, 1.165) is 22.3 Å². The van der Waals surface area contributed by atoms with Gasteiger partial charge in [0.25, 0.3) is 6.43 Å². The zero-order valence-electron chi connectivity index (χ0n) is 16.9. The van der Waals surface area contributed by atoms with E-state index in [1.807, 2.05) is 48.5 Å². The molecule has 0 saturated carbocycles. The zero-order valence-corrected chi connectivity index (χ0v) is 16.9. The van der Waals surface area contributed by atoms with E-state index in [1.165, 1.54) is 6.92 Å². The van der Waals surface area contributed by atoms with Crippen molar-refractivity contribution in [2.45, 2.75) is 37.8 Å². The maximum absolute atomic E-state index is 13.0. The van der Waals surface area contributed by atoms with Gasteiger partial charge in [0.2, 0.25) is 5.91 Å². The monoisotopic (exact) mass is 432 g/mol. The summed E-state index contributed by atoms with van der Waals surface area (Å²) in [5.74, 6) is -3.14. The second-order valence-electron chi connectivity index (χ2n) is 7.49. The summed E-state index contributed by atoms with van der Waals surface area (Å²) in [6.07, 6.45) is -4.26. The summed E-state index contributed by atoms with van der Waals surface area (Å²) in [4.78, 5) is 35.4. The molecule has 3 N–H and O–H groups in total. The molecule has 0 saturated heterocycles. The lowest BCUT2D eigenvalue weighted by atomic mass is 9.98. The van der Waals surface area contributed by atoms with E-state index < -0.39 is 36.0 Å². The van der Waals surface area contributed by atoms with Crippen molar-refractivity contribution in [3.8, 4) is 11.1 Å². The van der Waals surface area contributed by atoms with E-state index in [9.17, 15) is 23.2 Å². The van der Waals surface area contributed by atoms with E-state index in [1.54, 1.807) is 5.32 Å². The number of ether oxygens (including phenoxy) is 1. The van der Waals surface area contributed by atoms with Crippen LogP contribution in [-0.2, 0) is 14.3 Å². The molecular formula is C22H22F2N2O5. The Bertz CT molecular complexity index is 967. The summed E-state index contributed by atoms with van der Waals surface area (Å²) in [6.45, 7) is 1.94. The topological polar surface area (TPSA) is 105 Å². The molecule has 2 atom stereocenters. The van der Waals surface area contributed by atoms with Crippen LogP contribution in [0.2, 0.25) is 0 Å². The highest BCUT2D eigenvalue weighted by Crippen LogP contribution is 2.44. The van der Waals surface area contributed by atoms with Crippen LogP contribution in [0.25, 0.3) is 11.1 Å². The third-order valence-corrected chi connectivity index (χ3v) is 5.33. The summed E-state index contributed by atoms with van der Waals surface area (Å²) < 4.78 is 31.4. The number of carbonyl (C=O) groups excluding carboxylic acids is 2. The first-order valence-electron chi connectivity index (χ1n) is 9.60. The lowest BCUT2D eigenvalue weighted by molar-refractivity contribution is -0.154. The van der Waals surface area contributed by atoms with E-state index >= 15 is 0 Å². The number of alkyl halides is 2. The Morgan fingerprint density at radius 1 is 1.06 bits per heavy atom. The van der Waals surface area contributed by atoms with Gasteiger partial charge in [0.1, 0.15) is 12.6 Å². The minimum atomic E-state index is -3.34. The van der Waals surface area contributed by atoms with Crippen molar-refractivity contribution < 1.29 is 33.0 Å². The lowest BCUT2D eigenvalue weighted by Crippen LogP contribution is -2.60. The molecule has 0 heterocycles. The number of carboxylic acid groups (broad SMARTS) is 1. The molecule has 7 nitrogen and oxygen atoms in total. The van der Waals surface area contributed by atoms with E-state index in [2.05, 4.69) is 5.32 Å². The normalized spacial score (nSPS) is 15.4. The highest BCUT2D eigenvalue weighted by Gasteiger charge is 2.45. The van der Waals surface area contributed by atoms with Gasteiger partial charge in [-0.25, -0.2) is 18.4 Å². The molecule has 0 aromatic heterocycles. The number of amides is 2. The van der Waals surface area contributed by atoms with Crippen LogP contribution in [0, 0.1) is 0 Å². The van der Waals surface area contributed by atoms with E-state index in [4.69, 9.17) is 9.84 Å². The fraction of sp³-hybridized carbons (Fsp3) is 0.318. The van der Waals surface area contributed by atoms with Crippen LogP contribution >= 0.6 is 0 Å². The standard InChI is InChI=1S/C22H22F2N2O5/c1-12(18(27)26-22(2,19(23)24)20(28)29)25-21(30)31-11-17-15-9-5-3-7-13(15)14-8-4-6-10-16(14)17/h3-10,12,17,19H,11H2,1-2H3,(H,25,30)(H,26,27)(H,28,29). The second-order valence-corrected chi connectivity index (χ2v) is 7.49. The number of carboxylic acids is 1. The third kappa shape index (κ3) is 4.35. The average molecular weight is 432 g/mol. The predicted octanol–water partition coefficient (Wildman–Crippen LogP) is 3.14. The summed E-state index contributed by atoms with van der Waals surface area (Å²) in [7, 11) is 0. The molecule has 0 radical (unpaired) electrons. The maximum Gasteiger partial charge on any atom is 0.407 e. The molecule has 0 aliphatic heterocycles. The number of alkyl carbamates (subject to hydrolysis) is 1. The Morgan fingerprint density at radius 2 is 1.58 bits per heavy atom. The van der Waals surface area contributed by atoms with Crippen LogP contribution in [0.5, 0.6) is 0 Å². The Morgan fingerprint density at radius 3 is 2.06 bits per heavy atom. The molecule has 0 fully saturated rings. The molecule has 2 amide bonds. The molecule has 0 spiro atoms. The van der Waals surface area contributed by atoms with Crippen molar-refractivity contribution in [1.82, 2.24) is 10.6 Å². The largest absolute Gasteiger partial charge is 0.479 e. The van der Waals surface area contributed by atoms with Gasteiger partial charge in [-0.3, -0.25) is 4.79 Å². The van der Waals surface area contributed by atoms with E-state index in [0.29, 0.717) is 6.92 Å². The fourth-order valence-electron chi connectivity index (χ4n) is 3.45. The first-order valence-corrected chi connectivity index (χ1v) is 9.60. The van der Waals surface area contributed by atoms with Gasteiger partial charge >= 0.3 is 12.1 Å². The number of rotatable bonds is 7. The van der Waals surface area contributed by atoms with Crippen molar-refractivity contribution in [3.63, 3.8) is 0 Å². The smallest absolute Gasteiger partial charge is 0.407 e. The molecule has 3 rings (SSSR count). The van der Waals surface area contributed by atoms with E-state index in [-0.39, 0.29) is 12.5 Å². The van der Waals surface area contributed by atoms with Crippen LogP contribution in [-0.4, -0.2) is 47.7 Å². The SMILES string of the molecule is CC(NC(=O)OCC1c2ccccc2-c2ccccc21)C(=O)NC(C)(C(=O)O)C(F)F.